The third-order valence-corrected chi connectivity index (χ3v) is 7.23. The minimum atomic E-state index is -0.391. The van der Waals surface area contributed by atoms with Gasteiger partial charge in [-0.1, -0.05) is 42.7 Å². The van der Waals surface area contributed by atoms with Crippen LogP contribution in [0, 0.1) is 5.82 Å². The summed E-state index contributed by atoms with van der Waals surface area (Å²) in [5, 5.41) is 6.41. The summed E-state index contributed by atoms with van der Waals surface area (Å²) in [6.45, 7) is 3.44. The fourth-order valence-corrected chi connectivity index (χ4v) is 5.24. The number of nitrogens with one attached hydrogen (secondary N) is 1. The summed E-state index contributed by atoms with van der Waals surface area (Å²) >= 11 is 0. The van der Waals surface area contributed by atoms with Gasteiger partial charge >= 0.3 is 6.09 Å². The molecule has 1 heterocycles. The van der Waals surface area contributed by atoms with Crippen LogP contribution in [0.1, 0.15) is 78.1 Å². The molecule has 4 rings (SSSR count). The molecule has 0 saturated heterocycles. The molecule has 200 valence electrons. The number of ether oxygens (including phenoxy) is 1. The molecule has 0 fully saturated rings. The van der Waals surface area contributed by atoms with Crippen molar-refractivity contribution < 1.29 is 18.7 Å². The van der Waals surface area contributed by atoms with Gasteiger partial charge in [0.2, 0.25) is 0 Å². The average molecular weight is 520 g/mol. The summed E-state index contributed by atoms with van der Waals surface area (Å²) in [4.78, 5) is 29.5. The Labute approximate surface area is 222 Å². The van der Waals surface area contributed by atoms with E-state index in [-0.39, 0.29) is 18.1 Å². The number of hydrogen-bond acceptors (Lipinski definition) is 4. The highest BCUT2D eigenvalue weighted by atomic mass is 19.1. The second-order valence-corrected chi connectivity index (χ2v) is 9.90. The number of carbonyl (C=O) groups is 2. The molecule has 0 saturated carbocycles. The molecule has 0 radical (unpaired) electrons. The van der Waals surface area contributed by atoms with Crippen LogP contribution in [-0.4, -0.2) is 43.1 Å². The Morgan fingerprint density at radius 2 is 2.00 bits per heavy atom. The Morgan fingerprint density at radius 1 is 1.21 bits per heavy atom. The Balaban J connectivity index is 1.37. The maximum absolute atomic E-state index is 14.2. The number of benzene rings is 2. The van der Waals surface area contributed by atoms with E-state index in [0.29, 0.717) is 38.0 Å². The van der Waals surface area contributed by atoms with Crippen molar-refractivity contribution in [2.24, 2.45) is 5.11 Å². The molecule has 2 amide bonds. The largest absolute Gasteiger partial charge is 0.446 e. The first-order chi connectivity index (χ1) is 18.4. The van der Waals surface area contributed by atoms with Crippen molar-refractivity contribution in [1.82, 2.24) is 10.2 Å². The third-order valence-electron chi connectivity index (χ3n) is 7.23. The Hall–Kier alpha value is -3.84. The number of allylic oxidation sites excluding steroid dienone is 1. The van der Waals surface area contributed by atoms with E-state index in [1.807, 2.05) is 31.2 Å². The van der Waals surface area contributed by atoms with Gasteiger partial charge in [0, 0.05) is 31.6 Å². The van der Waals surface area contributed by atoms with Crippen molar-refractivity contribution in [3.63, 3.8) is 0 Å². The van der Waals surface area contributed by atoms with Crippen molar-refractivity contribution >= 4 is 23.1 Å². The molecule has 1 unspecified atom stereocenters. The van der Waals surface area contributed by atoms with Gasteiger partial charge in [-0.25, -0.2) is 9.18 Å². The number of rotatable bonds is 11. The first kappa shape index (κ1) is 27.2. The highest BCUT2D eigenvalue weighted by molar-refractivity contribution is 6.07. The van der Waals surface area contributed by atoms with Crippen molar-refractivity contribution in [1.29, 1.82) is 0 Å². The molecule has 0 spiro atoms. The summed E-state index contributed by atoms with van der Waals surface area (Å²) in [7, 11) is 1.73. The second-order valence-electron chi connectivity index (χ2n) is 9.90. The monoisotopic (exact) mass is 519 g/mol. The fourth-order valence-electron chi connectivity index (χ4n) is 5.24. The minimum Gasteiger partial charge on any atom is -0.446 e. The van der Waals surface area contributed by atoms with E-state index in [9.17, 15) is 14.0 Å². The van der Waals surface area contributed by atoms with Gasteiger partial charge in [-0.15, -0.1) is 0 Å². The van der Waals surface area contributed by atoms with Crippen LogP contribution in [0.25, 0.3) is 21.6 Å². The van der Waals surface area contributed by atoms with E-state index in [1.54, 1.807) is 11.9 Å². The van der Waals surface area contributed by atoms with Gasteiger partial charge in [0.1, 0.15) is 11.9 Å². The number of amides is 2. The number of hydrogen-bond donors (Lipinski definition) is 1. The van der Waals surface area contributed by atoms with E-state index in [2.05, 4.69) is 15.3 Å². The van der Waals surface area contributed by atoms with E-state index in [0.717, 1.165) is 65.5 Å². The molecule has 38 heavy (non-hydrogen) atoms. The predicted molar refractivity (Wildman–Crippen MR) is 145 cm³/mol. The van der Waals surface area contributed by atoms with Crippen molar-refractivity contribution in [3.05, 3.63) is 80.5 Å². The molecule has 2 aromatic rings. The van der Waals surface area contributed by atoms with E-state index in [4.69, 9.17) is 10.3 Å². The van der Waals surface area contributed by atoms with Crippen LogP contribution in [-0.2, 0) is 17.7 Å². The molecule has 1 atom stereocenters. The maximum Gasteiger partial charge on any atom is 0.410 e. The topological polar surface area (TPSA) is 107 Å². The van der Waals surface area contributed by atoms with Crippen molar-refractivity contribution in [2.75, 3.05) is 20.1 Å². The third kappa shape index (κ3) is 6.34. The number of carbonyl (C=O) groups excluding carboxylic acids is 2. The summed E-state index contributed by atoms with van der Waals surface area (Å²) in [6.07, 6.45) is 5.02. The Bertz CT molecular complexity index is 1270. The normalized spacial score (nSPS) is 14.8. The van der Waals surface area contributed by atoms with Crippen LogP contribution >= 0.6 is 0 Å². The number of azide groups is 1. The lowest BCUT2D eigenvalue weighted by atomic mass is 9.95. The van der Waals surface area contributed by atoms with Crippen LogP contribution in [0.4, 0.5) is 9.18 Å². The molecule has 1 aliphatic heterocycles. The van der Waals surface area contributed by atoms with Gasteiger partial charge in [-0.3, -0.25) is 4.79 Å². The summed E-state index contributed by atoms with van der Waals surface area (Å²) < 4.78 is 19.9. The molecule has 0 aromatic heterocycles. The zero-order valence-electron chi connectivity index (χ0n) is 22.0. The van der Waals surface area contributed by atoms with E-state index in [1.165, 1.54) is 12.1 Å². The smallest absolute Gasteiger partial charge is 0.410 e. The first-order valence-electron chi connectivity index (χ1n) is 13.3. The lowest BCUT2D eigenvalue weighted by Gasteiger charge is -2.22. The molecule has 2 aliphatic rings. The minimum absolute atomic E-state index is 0.139. The Morgan fingerprint density at radius 3 is 2.74 bits per heavy atom. The summed E-state index contributed by atoms with van der Waals surface area (Å²) in [5.74, 6) is -0.616. The maximum atomic E-state index is 14.2. The van der Waals surface area contributed by atoms with Crippen LogP contribution in [0.3, 0.4) is 0 Å². The van der Waals surface area contributed by atoms with E-state index >= 15 is 0 Å². The van der Waals surface area contributed by atoms with Gasteiger partial charge in [-0.2, -0.15) is 0 Å². The van der Waals surface area contributed by atoms with Gasteiger partial charge in [0.15, 0.2) is 0 Å². The summed E-state index contributed by atoms with van der Waals surface area (Å²) in [6, 6.07) is 10.9. The number of nitrogens with zero attached hydrogens (tertiary/aromatic N) is 4. The van der Waals surface area contributed by atoms with Crippen LogP contribution in [0.5, 0.6) is 0 Å². The van der Waals surface area contributed by atoms with Crippen molar-refractivity contribution in [2.45, 2.75) is 64.5 Å². The molecule has 1 N–H and O–H groups in total. The summed E-state index contributed by atoms with van der Waals surface area (Å²) in [5.41, 5.74) is 14.7. The van der Waals surface area contributed by atoms with Crippen LogP contribution in [0.2, 0.25) is 0 Å². The zero-order valence-corrected chi connectivity index (χ0v) is 22.0. The molecular weight excluding hydrogens is 485 g/mol. The fraction of sp³-hybridized carbons (Fsp3) is 0.448. The second kappa shape index (κ2) is 12.6. The Kier molecular flexibility index (Phi) is 9.02. The predicted octanol–water partition coefficient (Wildman–Crippen LogP) is 6.64. The van der Waals surface area contributed by atoms with Crippen LogP contribution < -0.4 is 5.32 Å². The van der Waals surface area contributed by atoms with Gasteiger partial charge in [-0.05, 0) is 89.6 Å². The lowest BCUT2D eigenvalue weighted by Crippen LogP contribution is -2.30. The standard InChI is InChI=1S/C29H34FN5O3/c1-3-23(7-5-4-6-13-33-34-31)38-29(37)35(2)18-19-8-10-20(11-9-19)25-16-21-15-22(30)17-26-27(21)24(25)12-14-32-28(26)36/h8-11,15,17,23H,3-7,12-14,16,18H2,1-2H3,(H,32,36). The SMILES string of the molecule is CCC(CCCCCN=[N+]=[N-])OC(=O)N(C)Cc1ccc(C2=C3CCNC(=O)c4cc(F)cc(c43)C2)cc1. The van der Waals surface area contributed by atoms with Gasteiger partial charge < -0.3 is 15.0 Å². The molecule has 9 heteroatoms. The molecule has 1 aliphatic carbocycles. The van der Waals surface area contributed by atoms with E-state index < -0.39 is 5.82 Å². The lowest BCUT2D eigenvalue weighted by molar-refractivity contribution is 0.0603. The number of halogens is 1. The number of unbranched alkanes of at least 4 members (excludes halogenated alkanes) is 2. The highest BCUT2D eigenvalue weighted by Crippen LogP contribution is 2.43. The first-order valence-corrected chi connectivity index (χ1v) is 13.3. The van der Waals surface area contributed by atoms with Gasteiger partial charge in [0.25, 0.3) is 5.91 Å². The van der Waals surface area contributed by atoms with Crippen molar-refractivity contribution in [3.8, 4) is 0 Å². The molecular formula is C29H34FN5O3. The highest BCUT2D eigenvalue weighted by Gasteiger charge is 2.30. The average Bonchev–Trinajstić information content (AvgIpc) is 3.18. The van der Waals surface area contributed by atoms with Gasteiger partial charge in [0.05, 0.1) is 5.56 Å². The zero-order chi connectivity index (χ0) is 27.1. The molecule has 8 nitrogen and oxygen atoms in total. The molecule has 0 bridgehead atoms. The van der Waals surface area contributed by atoms with Crippen LogP contribution in [0.15, 0.2) is 41.5 Å². The quantitative estimate of drug-likeness (QED) is 0.155. The molecule has 2 aromatic carbocycles.